The van der Waals surface area contributed by atoms with E-state index in [0.29, 0.717) is 0 Å². The van der Waals surface area contributed by atoms with Gasteiger partial charge < -0.3 is 10.3 Å². The molecule has 0 saturated carbocycles. The quantitative estimate of drug-likeness (QED) is 0.739. The molecule has 102 valence electrons. The van der Waals surface area contributed by atoms with Crippen molar-refractivity contribution >= 4 is 16.7 Å². The van der Waals surface area contributed by atoms with Gasteiger partial charge in [-0.25, -0.2) is 4.98 Å². The zero-order chi connectivity index (χ0) is 13.9. The molecule has 4 heteroatoms. The number of nitrogens with zero attached hydrogens (tertiary/aromatic N) is 3. The fourth-order valence-electron chi connectivity index (χ4n) is 2.51. The second-order valence-electron chi connectivity index (χ2n) is 4.89. The van der Waals surface area contributed by atoms with Crippen LogP contribution in [0.25, 0.3) is 11.0 Å². The summed E-state index contributed by atoms with van der Waals surface area (Å²) < 4.78 is 2.29. The van der Waals surface area contributed by atoms with Crippen molar-refractivity contribution in [2.75, 3.05) is 5.73 Å². The highest BCUT2D eigenvalue weighted by Gasteiger charge is 2.09. The smallest absolute Gasteiger partial charge is 0.109 e. The van der Waals surface area contributed by atoms with Crippen molar-refractivity contribution in [3.05, 3.63) is 54.1 Å². The molecule has 1 aromatic carbocycles. The summed E-state index contributed by atoms with van der Waals surface area (Å²) in [4.78, 5) is 8.73. The number of aromatic nitrogens is 3. The van der Waals surface area contributed by atoms with Gasteiger partial charge in [0.05, 0.1) is 11.0 Å². The van der Waals surface area contributed by atoms with E-state index in [2.05, 4.69) is 39.7 Å². The number of benzene rings is 1. The number of fused-ring (bicyclic) bond motifs is 1. The number of rotatable bonds is 4. The summed E-state index contributed by atoms with van der Waals surface area (Å²) in [6.07, 6.45) is 5.57. The summed E-state index contributed by atoms with van der Waals surface area (Å²) in [5.74, 6) is 1.11. The fraction of sp³-hybridized carbons (Fsp3) is 0.250. The minimum atomic E-state index is 0.763. The van der Waals surface area contributed by atoms with Crippen molar-refractivity contribution in [1.29, 1.82) is 0 Å². The van der Waals surface area contributed by atoms with Crippen molar-refractivity contribution in [2.24, 2.45) is 0 Å². The maximum atomic E-state index is 5.83. The van der Waals surface area contributed by atoms with Crippen LogP contribution in [0.4, 0.5) is 5.69 Å². The van der Waals surface area contributed by atoms with Crippen LogP contribution in [0.3, 0.4) is 0 Å². The number of pyridine rings is 1. The van der Waals surface area contributed by atoms with E-state index in [4.69, 9.17) is 5.73 Å². The van der Waals surface area contributed by atoms with Crippen molar-refractivity contribution < 1.29 is 0 Å². The predicted octanol–water partition coefficient (Wildman–Crippen LogP) is 2.82. The molecule has 0 aliphatic carbocycles. The molecule has 2 heterocycles. The Morgan fingerprint density at radius 1 is 1.15 bits per heavy atom. The van der Waals surface area contributed by atoms with Crippen LogP contribution in [0.15, 0.2) is 42.7 Å². The predicted molar refractivity (Wildman–Crippen MR) is 81.5 cm³/mol. The first-order valence-electron chi connectivity index (χ1n) is 6.91. The summed E-state index contributed by atoms with van der Waals surface area (Å²) in [6.45, 7) is 3.06. The monoisotopic (exact) mass is 266 g/mol. The molecule has 4 nitrogen and oxygen atoms in total. The first-order chi connectivity index (χ1) is 9.78. The average Bonchev–Trinajstić information content (AvgIpc) is 2.83. The summed E-state index contributed by atoms with van der Waals surface area (Å²) in [6, 6.07) is 10.1. The summed E-state index contributed by atoms with van der Waals surface area (Å²) >= 11 is 0. The summed E-state index contributed by atoms with van der Waals surface area (Å²) in [7, 11) is 0. The normalized spacial score (nSPS) is 11.1. The lowest BCUT2D eigenvalue weighted by Crippen LogP contribution is -2.05. The molecule has 0 aliphatic rings. The average molecular weight is 266 g/mol. The Balaban J connectivity index is 1.93. The van der Waals surface area contributed by atoms with Gasteiger partial charge in [-0.1, -0.05) is 6.92 Å². The van der Waals surface area contributed by atoms with Crippen molar-refractivity contribution in [3.63, 3.8) is 0 Å². The van der Waals surface area contributed by atoms with E-state index in [0.717, 1.165) is 41.9 Å². The molecule has 0 amide bonds. The third-order valence-corrected chi connectivity index (χ3v) is 3.54. The Morgan fingerprint density at radius 3 is 2.70 bits per heavy atom. The van der Waals surface area contributed by atoms with E-state index in [9.17, 15) is 0 Å². The number of anilines is 1. The topological polar surface area (TPSA) is 56.7 Å². The Hall–Kier alpha value is -2.36. The van der Waals surface area contributed by atoms with Gasteiger partial charge in [-0.2, -0.15) is 0 Å². The molecule has 20 heavy (non-hydrogen) atoms. The molecule has 0 spiro atoms. The summed E-state index contributed by atoms with van der Waals surface area (Å²) in [5, 5.41) is 0. The molecular weight excluding hydrogens is 248 g/mol. The number of hydrogen-bond donors (Lipinski definition) is 1. The third-order valence-electron chi connectivity index (χ3n) is 3.54. The van der Waals surface area contributed by atoms with Crippen molar-refractivity contribution in [3.8, 4) is 0 Å². The molecule has 0 unspecified atom stereocenters. The number of hydrogen-bond acceptors (Lipinski definition) is 3. The van der Waals surface area contributed by atoms with E-state index in [1.807, 2.05) is 24.5 Å². The number of imidazole rings is 1. The first kappa shape index (κ1) is 12.7. The standard InChI is InChI=1S/C16H18N4/c1-2-16-19-14-11-13(17)3-4-15(14)20(16)10-7-12-5-8-18-9-6-12/h3-6,8-9,11H,2,7,10,17H2,1H3. The first-order valence-corrected chi connectivity index (χ1v) is 6.91. The molecule has 2 N–H and O–H groups in total. The zero-order valence-electron chi connectivity index (χ0n) is 11.6. The summed E-state index contributed by atoms with van der Waals surface area (Å²) in [5.41, 5.74) is 10.0. The van der Waals surface area contributed by atoms with Gasteiger partial charge in [0.25, 0.3) is 0 Å². The van der Waals surface area contributed by atoms with Gasteiger partial charge in [0, 0.05) is 31.0 Å². The van der Waals surface area contributed by atoms with Crippen LogP contribution in [-0.4, -0.2) is 14.5 Å². The van der Waals surface area contributed by atoms with Gasteiger partial charge in [0.15, 0.2) is 0 Å². The van der Waals surface area contributed by atoms with Crippen LogP contribution in [0, 0.1) is 0 Å². The van der Waals surface area contributed by atoms with E-state index in [1.54, 1.807) is 0 Å². The molecule has 0 radical (unpaired) electrons. The minimum Gasteiger partial charge on any atom is -0.399 e. The third kappa shape index (κ3) is 2.37. The van der Waals surface area contributed by atoms with E-state index >= 15 is 0 Å². The number of nitrogen functional groups attached to an aromatic ring is 1. The SMILES string of the molecule is CCc1nc2cc(N)ccc2n1CCc1ccncc1. The van der Waals surface area contributed by atoms with Gasteiger partial charge in [-0.05, 0) is 42.3 Å². The fourth-order valence-corrected chi connectivity index (χ4v) is 2.51. The maximum absolute atomic E-state index is 5.83. The molecule has 0 saturated heterocycles. The van der Waals surface area contributed by atoms with E-state index in [1.165, 1.54) is 5.56 Å². The Morgan fingerprint density at radius 2 is 1.95 bits per heavy atom. The number of nitrogens with two attached hydrogens (primary N) is 1. The Kier molecular flexibility index (Phi) is 3.37. The second-order valence-corrected chi connectivity index (χ2v) is 4.89. The largest absolute Gasteiger partial charge is 0.399 e. The van der Waals surface area contributed by atoms with Crippen LogP contribution >= 0.6 is 0 Å². The van der Waals surface area contributed by atoms with Crippen molar-refractivity contribution in [2.45, 2.75) is 26.3 Å². The van der Waals surface area contributed by atoms with Crippen LogP contribution in [0.1, 0.15) is 18.3 Å². The Labute approximate surface area is 118 Å². The highest BCUT2D eigenvalue weighted by molar-refractivity contribution is 5.79. The van der Waals surface area contributed by atoms with Crippen LogP contribution in [-0.2, 0) is 19.4 Å². The van der Waals surface area contributed by atoms with E-state index < -0.39 is 0 Å². The highest BCUT2D eigenvalue weighted by Crippen LogP contribution is 2.20. The Bertz CT molecular complexity index is 716. The lowest BCUT2D eigenvalue weighted by molar-refractivity contribution is 0.673. The second kappa shape index (κ2) is 5.33. The lowest BCUT2D eigenvalue weighted by Gasteiger charge is -2.08. The molecule has 2 aromatic heterocycles. The van der Waals surface area contributed by atoms with Crippen LogP contribution < -0.4 is 5.73 Å². The van der Waals surface area contributed by atoms with Crippen LogP contribution in [0.2, 0.25) is 0 Å². The van der Waals surface area contributed by atoms with Gasteiger partial charge >= 0.3 is 0 Å². The lowest BCUT2D eigenvalue weighted by atomic mass is 10.2. The zero-order valence-corrected chi connectivity index (χ0v) is 11.6. The molecule has 0 aliphatic heterocycles. The van der Waals surface area contributed by atoms with Gasteiger partial charge in [0.2, 0.25) is 0 Å². The van der Waals surface area contributed by atoms with Gasteiger partial charge in [0.1, 0.15) is 5.82 Å². The van der Waals surface area contributed by atoms with E-state index in [-0.39, 0.29) is 0 Å². The van der Waals surface area contributed by atoms with Crippen LogP contribution in [0.5, 0.6) is 0 Å². The van der Waals surface area contributed by atoms with Gasteiger partial charge in [-0.15, -0.1) is 0 Å². The number of aryl methyl sites for hydroxylation is 3. The molecule has 0 bridgehead atoms. The van der Waals surface area contributed by atoms with Gasteiger partial charge in [-0.3, -0.25) is 4.98 Å². The molecular formula is C16H18N4. The molecule has 3 rings (SSSR count). The highest BCUT2D eigenvalue weighted by atomic mass is 15.1. The van der Waals surface area contributed by atoms with Crippen molar-refractivity contribution in [1.82, 2.24) is 14.5 Å². The molecule has 0 fully saturated rings. The molecule has 0 atom stereocenters. The molecule has 3 aromatic rings. The minimum absolute atomic E-state index is 0.763. The maximum Gasteiger partial charge on any atom is 0.109 e.